The summed E-state index contributed by atoms with van der Waals surface area (Å²) in [6, 6.07) is 10.2. The highest BCUT2D eigenvalue weighted by Crippen LogP contribution is 2.32. The molecule has 0 spiro atoms. The lowest BCUT2D eigenvalue weighted by Gasteiger charge is -2.14. The zero-order chi connectivity index (χ0) is 18.0. The standard InChI is InChI=1S/C19H25N3O2S2/c1-25-13-9-21-19(20-8-7-16-4-2-12-26-16)22-15-5-6-17-18(14-15)24-11-3-10-23-17/h2,4-6,12,14H,3,7-11,13H2,1H3,(H2,20,21,22). The Hall–Kier alpha value is -1.86. The Labute approximate surface area is 163 Å². The van der Waals surface area contributed by atoms with Crippen LogP contribution in [0, 0.1) is 0 Å². The van der Waals surface area contributed by atoms with E-state index in [9.17, 15) is 0 Å². The van der Waals surface area contributed by atoms with Crippen LogP contribution in [0.15, 0.2) is 40.7 Å². The number of ether oxygens (including phenoxy) is 2. The molecule has 0 saturated carbocycles. The van der Waals surface area contributed by atoms with E-state index in [1.54, 1.807) is 23.1 Å². The molecule has 0 aliphatic carbocycles. The van der Waals surface area contributed by atoms with Crippen LogP contribution in [0.4, 0.5) is 5.69 Å². The lowest BCUT2D eigenvalue weighted by Crippen LogP contribution is -2.32. The van der Waals surface area contributed by atoms with Crippen LogP contribution in [0.25, 0.3) is 0 Å². The maximum Gasteiger partial charge on any atom is 0.195 e. The van der Waals surface area contributed by atoms with E-state index in [1.165, 1.54) is 4.88 Å². The van der Waals surface area contributed by atoms with E-state index in [2.05, 4.69) is 39.4 Å². The monoisotopic (exact) mass is 391 g/mol. The van der Waals surface area contributed by atoms with Crippen LogP contribution in [0.2, 0.25) is 0 Å². The predicted octanol–water partition coefficient (Wildman–Crippen LogP) is 3.87. The molecule has 0 bridgehead atoms. The number of benzene rings is 1. The summed E-state index contributed by atoms with van der Waals surface area (Å²) in [5.41, 5.74) is 0.945. The Kier molecular flexibility index (Phi) is 7.51. The smallest absolute Gasteiger partial charge is 0.195 e. The molecule has 2 aromatic rings. The van der Waals surface area contributed by atoms with Gasteiger partial charge in [-0.15, -0.1) is 11.3 Å². The van der Waals surface area contributed by atoms with Crippen molar-refractivity contribution < 1.29 is 9.47 Å². The summed E-state index contributed by atoms with van der Waals surface area (Å²) in [7, 11) is 0. The van der Waals surface area contributed by atoms with E-state index in [-0.39, 0.29) is 0 Å². The third-order valence-electron chi connectivity index (χ3n) is 3.82. The summed E-state index contributed by atoms with van der Waals surface area (Å²) >= 11 is 3.58. The molecule has 0 saturated heterocycles. The van der Waals surface area contributed by atoms with Crippen LogP contribution in [0.3, 0.4) is 0 Å². The molecular weight excluding hydrogens is 366 g/mol. The average molecular weight is 392 g/mol. The van der Waals surface area contributed by atoms with E-state index < -0.39 is 0 Å². The summed E-state index contributed by atoms with van der Waals surface area (Å²) in [5.74, 6) is 3.39. The number of hydrogen-bond donors (Lipinski definition) is 2. The minimum absolute atomic E-state index is 0.685. The predicted molar refractivity (Wildman–Crippen MR) is 112 cm³/mol. The van der Waals surface area contributed by atoms with Gasteiger partial charge in [-0.3, -0.25) is 4.99 Å². The first-order valence-corrected chi connectivity index (χ1v) is 11.1. The van der Waals surface area contributed by atoms with Gasteiger partial charge in [-0.05, 0) is 36.3 Å². The highest BCUT2D eigenvalue weighted by molar-refractivity contribution is 7.98. The first-order valence-electron chi connectivity index (χ1n) is 8.81. The number of aliphatic imine (C=N–C) groups is 1. The van der Waals surface area contributed by atoms with Gasteiger partial charge in [-0.25, -0.2) is 0 Å². The lowest BCUT2D eigenvalue weighted by molar-refractivity contribution is 0.297. The second kappa shape index (κ2) is 10.3. The van der Waals surface area contributed by atoms with E-state index >= 15 is 0 Å². The van der Waals surface area contributed by atoms with Gasteiger partial charge in [0.2, 0.25) is 0 Å². The Bertz CT molecular complexity index is 705. The average Bonchev–Trinajstić information content (AvgIpc) is 3.05. The summed E-state index contributed by atoms with van der Waals surface area (Å²) in [4.78, 5) is 6.03. The molecule has 7 heteroatoms. The number of hydrogen-bond acceptors (Lipinski definition) is 5. The number of nitrogens with zero attached hydrogens (tertiary/aromatic N) is 1. The van der Waals surface area contributed by atoms with Crippen LogP contribution >= 0.6 is 23.1 Å². The van der Waals surface area contributed by atoms with Gasteiger partial charge < -0.3 is 20.1 Å². The number of nitrogens with one attached hydrogen (secondary N) is 2. The number of anilines is 1. The maximum atomic E-state index is 5.77. The third-order valence-corrected chi connectivity index (χ3v) is 5.35. The number of fused-ring (bicyclic) bond motifs is 1. The van der Waals surface area contributed by atoms with Crippen molar-refractivity contribution in [1.29, 1.82) is 0 Å². The second-order valence-corrected chi connectivity index (χ2v) is 7.83. The van der Waals surface area contributed by atoms with Gasteiger partial charge in [-0.2, -0.15) is 11.8 Å². The Balaban J connectivity index is 1.62. The van der Waals surface area contributed by atoms with Crippen molar-refractivity contribution in [3.05, 3.63) is 40.6 Å². The summed E-state index contributed by atoms with van der Waals surface area (Å²) in [6.45, 7) is 3.01. The zero-order valence-electron chi connectivity index (χ0n) is 15.0. The Morgan fingerprint density at radius 1 is 1.23 bits per heavy atom. The molecule has 0 radical (unpaired) electrons. The molecule has 140 valence electrons. The quantitative estimate of drug-likeness (QED) is 0.426. The number of rotatable bonds is 7. The summed E-state index contributed by atoms with van der Waals surface area (Å²) in [5, 5.41) is 8.92. The van der Waals surface area contributed by atoms with E-state index in [0.29, 0.717) is 13.2 Å². The lowest BCUT2D eigenvalue weighted by atomic mass is 10.2. The molecule has 0 fully saturated rings. The number of thioether (sulfide) groups is 1. The molecule has 3 rings (SSSR count). The van der Waals surface area contributed by atoms with Gasteiger partial charge in [0, 0.05) is 35.3 Å². The van der Waals surface area contributed by atoms with Crippen molar-refractivity contribution in [2.24, 2.45) is 4.99 Å². The van der Waals surface area contributed by atoms with Crippen LogP contribution < -0.4 is 20.1 Å². The normalized spacial score (nSPS) is 14.0. The molecule has 1 aliphatic rings. The van der Waals surface area contributed by atoms with Crippen LogP contribution in [0.5, 0.6) is 11.5 Å². The number of guanidine groups is 1. The minimum atomic E-state index is 0.685. The molecule has 2 N–H and O–H groups in total. The highest BCUT2D eigenvalue weighted by Gasteiger charge is 2.11. The first-order chi connectivity index (χ1) is 12.8. The van der Waals surface area contributed by atoms with Crippen molar-refractivity contribution >= 4 is 34.7 Å². The van der Waals surface area contributed by atoms with E-state index in [4.69, 9.17) is 9.47 Å². The fourth-order valence-corrected chi connectivity index (χ4v) is 3.51. The van der Waals surface area contributed by atoms with E-state index in [0.717, 1.165) is 54.8 Å². The molecule has 1 aromatic heterocycles. The fourth-order valence-electron chi connectivity index (χ4n) is 2.53. The van der Waals surface area contributed by atoms with Crippen LogP contribution in [-0.2, 0) is 6.42 Å². The minimum Gasteiger partial charge on any atom is -0.490 e. The zero-order valence-corrected chi connectivity index (χ0v) is 16.6. The van der Waals surface area contributed by atoms with Gasteiger partial charge in [0.05, 0.1) is 19.8 Å². The van der Waals surface area contributed by atoms with E-state index in [1.807, 2.05) is 18.2 Å². The Morgan fingerprint density at radius 2 is 2.12 bits per heavy atom. The largest absolute Gasteiger partial charge is 0.490 e. The van der Waals surface area contributed by atoms with Gasteiger partial charge in [-0.1, -0.05) is 6.07 Å². The molecule has 0 amide bonds. The van der Waals surface area contributed by atoms with Crippen LogP contribution in [-0.4, -0.2) is 44.3 Å². The molecule has 5 nitrogen and oxygen atoms in total. The van der Waals surface area contributed by atoms with Gasteiger partial charge in [0.1, 0.15) is 0 Å². The molecule has 2 heterocycles. The molecular formula is C19H25N3O2S2. The SMILES string of the molecule is CSCCN=C(NCCc1cccs1)Nc1ccc2c(c1)OCCCO2. The molecule has 1 aliphatic heterocycles. The molecule has 0 atom stereocenters. The van der Waals surface area contributed by atoms with Gasteiger partial charge >= 0.3 is 0 Å². The molecule has 1 aromatic carbocycles. The van der Waals surface area contributed by atoms with Gasteiger partial charge in [0.15, 0.2) is 17.5 Å². The molecule has 0 unspecified atom stereocenters. The Morgan fingerprint density at radius 3 is 2.92 bits per heavy atom. The number of thiophene rings is 1. The van der Waals surface area contributed by atoms with Crippen molar-refractivity contribution in [2.75, 3.05) is 43.6 Å². The maximum absolute atomic E-state index is 5.77. The van der Waals surface area contributed by atoms with Crippen molar-refractivity contribution in [3.8, 4) is 11.5 Å². The highest BCUT2D eigenvalue weighted by atomic mass is 32.2. The topological polar surface area (TPSA) is 54.9 Å². The van der Waals surface area contributed by atoms with Crippen molar-refractivity contribution in [3.63, 3.8) is 0 Å². The van der Waals surface area contributed by atoms with Gasteiger partial charge in [0.25, 0.3) is 0 Å². The summed E-state index contributed by atoms with van der Waals surface area (Å²) < 4.78 is 11.5. The first kappa shape index (κ1) is 18.9. The summed E-state index contributed by atoms with van der Waals surface area (Å²) in [6.07, 6.45) is 3.99. The fraction of sp³-hybridized carbons (Fsp3) is 0.421. The molecule has 26 heavy (non-hydrogen) atoms. The second-order valence-electron chi connectivity index (χ2n) is 5.82. The van der Waals surface area contributed by atoms with Crippen LogP contribution in [0.1, 0.15) is 11.3 Å². The third kappa shape index (κ3) is 5.85. The van der Waals surface area contributed by atoms with Crippen molar-refractivity contribution in [2.45, 2.75) is 12.8 Å². The van der Waals surface area contributed by atoms with Crippen molar-refractivity contribution in [1.82, 2.24) is 5.32 Å².